The third-order valence-electron chi connectivity index (χ3n) is 6.16. The van der Waals surface area contributed by atoms with Crippen molar-refractivity contribution in [1.29, 1.82) is 0 Å². The van der Waals surface area contributed by atoms with Crippen LogP contribution in [0.1, 0.15) is 6.42 Å². The lowest BCUT2D eigenvalue weighted by Crippen LogP contribution is -2.30. The van der Waals surface area contributed by atoms with E-state index in [4.69, 9.17) is 5.21 Å². The van der Waals surface area contributed by atoms with Crippen LogP contribution >= 0.6 is 15.9 Å². The van der Waals surface area contributed by atoms with E-state index in [9.17, 15) is 0 Å². The molecule has 2 nitrogen and oxygen atoms in total. The monoisotopic (exact) mass is 253 g/mol. The quantitative estimate of drug-likeness (QED) is 0.400. The molecular weight excluding hydrogens is 242 g/mol. The van der Waals surface area contributed by atoms with E-state index in [-0.39, 0.29) is 0 Å². The number of hydrogen-bond donors (Lipinski definition) is 1. The highest BCUT2D eigenvalue weighted by Gasteiger charge is 2.82. The molecule has 0 heterocycles. The number of rotatable bonds is 0. The molecule has 0 aliphatic heterocycles. The molecule has 0 aromatic carbocycles. The Kier molecular flexibility index (Phi) is 0.940. The van der Waals surface area contributed by atoms with Gasteiger partial charge in [0.2, 0.25) is 0 Å². The zero-order valence-corrected chi connectivity index (χ0v) is 9.26. The summed E-state index contributed by atoms with van der Waals surface area (Å²) in [6.07, 6.45) is 1.44. The molecular formula is C11H12BrNO. The molecule has 6 aliphatic rings. The first-order chi connectivity index (χ1) is 6.84. The van der Waals surface area contributed by atoms with Gasteiger partial charge in [0.15, 0.2) is 0 Å². The first-order valence-electron chi connectivity index (χ1n) is 5.70. The van der Waals surface area contributed by atoms with Gasteiger partial charge < -0.3 is 5.21 Å². The molecule has 6 aliphatic carbocycles. The van der Waals surface area contributed by atoms with E-state index in [0.29, 0.717) is 11.8 Å². The van der Waals surface area contributed by atoms with Crippen molar-refractivity contribution in [2.24, 2.45) is 52.5 Å². The van der Waals surface area contributed by atoms with E-state index >= 15 is 0 Å². The van der Waals surface area contributed by atoms with Crippen molar-refractivity contribution in [3.05, 3.63) is 0 Å². The Balaban J connectivity index is 1.85. The van der Waals surface area contributed by atoms with Crippen molar-refractivity contribution in [2.45, 2.75) is 11.2 Å². The van der Waals surface area contributed by atoms with Gasteiger partial charge >= 0.3 is 0 Å². The minimum atomic E-state index is 0.674. The van der Waals surface area contributed by atoms with Crippen LogP contribution in [0.5, 0.6) is 0 Å². The summed E-state index contributed by atoms with van der Waals surface area (Å²) in [5.74, 6) is 6.84. The topological polar surface area (TPSA) is 32.6 Å². The molecule has 14 heavy (non-hydrogen) atoms. The van der Waals surface area contributed by atoms with Gasteiger partial charge in [-0.1, -0.05) is 21.1 Å². The molecule has 74 valence electrons. The van der Waals surface area contributed by atoms with Crippen molar-refractivity contribution in [1.82, 2.24) is 0 Å². The van der Waals surface area contributed by atoms with Crippen LogP contribution in [-0.2, 0) is 0 Å². The molecule has 9 atom stereocenters. The van der Waals surface area contributed by atoms with E-state index in [1.807, 2.05) is 0 Å². The molecule has 0 spiro atoms. The molecule has 6 saturated carbocycles. The van der Waals surface area contributed by atoms with Gasteiger partial charge in [-0.15, -0.1) is 0 Å². The summed E-state index contributed by atoms with van der Waals surface area (Å²) in [5, 5.41) is 12.8. The van der Waals surface area contributed by atoms with Gasteiger partial charge in [0, 0.05) is 16.7 Å². The molecule has 3 heteroatoms. The second kappa shape index (κ2) is 1.81. The largest absolute Gasteiger partial charge is 0.411 e. The Morgan fingerprint density at radius 3 is 2.57 bits per heavy atom. The highest BCUT2D eigenvalue weighted by molar-refractivity contribution is 9.09. The molecule has 6 bridgehead atoms. The summed E-state index contributed by atoms with van der Waals surface area (Å²) in [6, 6.07) is 0. The van der Waals surface area contributed by atoms with Gasteiger partial charge in [-0.2, -0.15) is 0 Å². The second-order valence-electron chi connectivity index (χ2n) is 5.89. The van der Waals surface area contributed by atoms with Crippen LogP contribution in [0, 0.1) is 47.3 Å². The maximum absolute atomic E-state index is 9.14. The lowest BCUT2D eigenvalue weighted by atomic mass is 9.71. The molecule has 0 aromatic heterocycles. The molecule has 1 N–H and O–H groups in total. The summed E-state index contributed by atoms with van der Waals surface area (Å²) in [6.45, 7) is 0. The molecule has 0 radical (unpaired) electrons. The highest BCUT2D eigenvalue weighted by atomic mass is 79.9. The number of halogens is 1. The van der Waals surface area contributed by atoms with Crippen molar-refractivity contribution in [3.8, 4) is 0 Å². The van der Waals surface area contributed by atoms with Crippen molar-refractivity contribution in [2.75, 3.05) is 0 Å². The Morgan fingerprint density at radius 1 is 1.07 bits per heavy atom. The molecule has 0 saturated heterocycles. The third kappa shape index (κ3) is 0.427. The fourth-order valence-corrected chi connectivity index (χ4v) is 7.79. The van der Waals surface area contributed by atoms with Crippen LogP contribution in [0.3, 0.4) is 0 Å². The van der Waals surface area contributed by atoms with E-state index < -0.39 is 0 Å². The van der Waals surface area contributed by atoms with Crippen LogP contribution in [-0.4, -0.2) is 15.7 Å². The first-order valence-corrected chi connectivity index (χ1v) is 6.62. The Morgan fingerprint density at radius 2 is 1.86 bits per heavy atom. The molecule has 0 amide bonds. The number of nitrogens with zero attached hydrogens (tertiary/aromatic N) is 1. The Bertz CT molecular complexity index is 379. The van der Waals surface area contributed by atoms with Crippen LogP contribution in [0.25, 0.3) is 0 Å². The van der Waals surface area contributed by atoms with Crippen molar-refractivity contribution < 1.29 is 5.21 Å². The Labute approximate surface area is 90.9 Å². The van der Waals surface area contributed by atoms with Crippen molar-refractivity contribution >= 4 is 21.6 Å². The van der Waals surface area contributed by atoms with Gasteiger partial charge in [-0.05, 0) is 41.9 Å². The summed E-state index contributed by atoms with van der Waals surface area (Å²) in [4.78, 5) is 0.752. The minimum absolute atomic E-state index is 0.674. The van der Waals surface area contributed by atoms with Gasteiger partial charge in [0.1, 0.15) is 0 Å². The predicted octanol–water partition coefficient (Wildman–Crippen LogP) is 1.97. The van der Waals surface area contributed by atoms with Crippen LogP contribution in [0.15, 0.2) is 5.16 Å². The predicted molar refractivity (Wildman–Crippen MR) is 54.5 cm³/mol. The van der Waals surface area contributed by atoms with Gasteiger partial charge in [-0.25, -0.2) is 0 Å². The number of oxime groups is 1. The molecule has 6 rings (SSSR count). The van der Waals surface area contributed by atoms with Gasteiger partial charge in [0.25, 0.3) is 0 Å². The van der Waals surface area contributed by atoms with Crippen LogP contribution in [0.2, 0.25) is 0 Å². The summed E-state index contributed by atoms with van der Waals surface area (Å²) >= 11 is 3.91. The normalized spacial score (nSPS) is 77.8. The fourth-order valence-electron chi connectivity index (χ4n) is 6.36. The third-order valence-corrected chi connectivity index (χ3v) is 7.38. The van der Waals surface area contributed by atoms with E-state index in [2.05, 4.69) is 21.1 Å². The zero-order chi connectivity index (χ0) is 9.19. The molecule has 0 aromatic rings. The first kappa shape index (κ1) is 7.26. The zero-order valence-electron chi connectivity index (χ0n) is 7.68. The number of hydrogen-bond acceptors (Lipinski definition) is 2. The lowest BCUT2D eigenvalue weighted by molar-refractivity contribution is 0.132. The second-order valence-corrected chi connectivity index (χ2v) is 6.95. The van der Waals surface area contributed by atoms with E-state index in [1.165, 1.54) is 12.1 Å². The fraction of sp³-hybridized carbons (Fsp3) is 0.909. The SMILES string of the molecule is O/N=C1/[C@H]2[C@H]3[C@H]4C[C@H]5[C@H]3[C@H](Br)[C@@H]2[C@@H]5[C@@H]14. The maximum Gasteiger partial charge on any atom is 0.0644 e. The smallest absolute Gasteiger partial charge is 0.0644 e. The van der Waals surface area contributed by atoms with E-state index in [0.717, 1.165) is 40.3 Å². The minimum Gasteiger partial charge on any atom is -0.411 e. The van der Waals surface area contributed by atoms with Gasteiger partial charge in [0.05, 0.1) is 5.71 Å². The molecule has 0 unspecified atom stereocenters. The summed E-state index contributed by atoms with van der Waals surface area (Å²) in [7, 11) is 0. The highest BCUT2D eigenvalue weighted by Crippen LogP contribution is 2.82. The summed E-state index contributed by atoms with van der Waals surface area (Å²) < 4.78 is 0. The van der Waals surface area contributed by atoms with Crippen molar-refractivity contribution in [3.63, 3.8) is 0 Å². The average molecular weight is 254 g/mol. The van der Waals surface area contributed by atoms with Crippen LogP contribution in [0.4, 0.5) is 0 Å². The van der Waals surface area contributed by atoms with Crippen LogP contribution < -0.4 is 0 Å². The summed E-state index contributed by atoms with van der Waals surface area (Å²) in [5.41, 5.74) is 1.20. The van der Waals surface area contributed by atoms with Gasteiger partial charge in [-0.3, -0.25) is 0 Å². The Hall–Kier alpha value is -0.0500. The number of alkyl halides is 1. The lowest BCUT2D eigenvalue weighted by Gasteiger charge is -2.32. The van der Waals surface area contributed by atoms with E-state index in [1.54, 1.807) is 0 Å². The maximum atomic E-state index is 9.14. The molecule has 6 fully saturated rings. The average Bonchev–Trinajstić information content (AvgIpc) is 2.85. The standard InChI is InChI=1S/C11H12BrNO/c12-10-6-2-1-3-4(6)9-8(10)5(2)7(3)11(9)13-14/h2-10,14H,1H2/b13-11+/t2-,3-,4+,5+,6-,7+,8-,9+,10+/m1/s1.